The minimum atomic E-state index is -1.16. The summed E-state index contributed by atoms with van der Waals surface area (Å²) in [5.74, 6) is -1.63. The molecule has 25 heavy (non-hydrogen) atoms. The van der Waals surface area contributed by atoms with Gasteiger partial charge in [0.1, 0.15) is 17.0 Å². The molecule has 0 spiro atoms. The first kappa shape index (κ1) is 19.0. The Hall–Kier alpha value is -2.38. The van der Waals surface area contributed by atoms with Gasteiger partial charge in [0, 0.05) is 12.1 Å². The maximum Gasteiger partial charge on any atom is 0.407 e. The Morgan fingerprint density at radius 1 is 1.36 bits per heavy atom. The summed E-state index contributed by atoms with van der Waals surface area (Å²) in [4.78, 5) is 26.6. The second kappa shape index (κ2) is 7.25. The van der Waals surface area contributed by atoms with E-state index >= 15 is 0 Å². The Bertz CT molecular complexity index is 654. The van der Waals surface area contributed by atoms with E-state index in [1.807, 2.05) is 6.92 Å². The summed E-state index contributed by atoms with van der Waals surface area (Å²) in [6.45, 7) is 7.29. The van der Waals surface area contributed by atoms with Crippen molar-refractivity contribution in [1.82, 2.24) is 10.3 Å². The zero-order valence-corrected chi connectivity index (χ0v) is 14.8. The van der Waals surface area contributed by atoms with Gasteiger partial charge in [0.05, 0.1) is 0 Å². The number of carboxylic acids is 1. The van der Waals surface area contributed by atoms with Crippen molar-refractivity contribution in [2.75, 3.05) is 5.32 Å². The van der Waals surface area contributed by atoms with Crippen molar-refractivity contribution >= 4 is 17.9 Å². The van der Waals surface area contributed by atoms with Crippen LogP contribution < -0.4 is 10.6 Å². The van der Waals surface area contributed by atoms with Crippen molar-refractivity contribution < 1.29 is 23.8 Å². The van der Waals surface area contributed by atoms with Gasteiger partial charge in [-0.3, -0.25) is 0 Å². The fourth-order valence-corrected chi connectivity index (χ4v) is 2.71. The minimum absolute atomic E-state index is 0.0136. The summed E-state index contributed by atoms with van der Waals surface area (Å²) >= 11 is 0. The summed E-state index contributed by atoms with van der Waals surface area (Å²) in [5.41, 5.74) is -0.617. The van der Waals surface area contributed by atoms with Crippen molar-refractivity contribution in [2.24, 2.45) is 5.92 Å². The molecule has 0 aliphatic heterocycles. The van der Waals surface area contributed by atoms with Crippen LogP contribution in [0.3, 0.4) is 0 Å². The monoisotopic (exact) mass is 353 g/mol. The van der Waals surface area contributed by atoms with Gasteiger partial charge in [-0.05, 0) is 58.6 Å². The summed E-state index contributed by atoms with van der Waals surface area (Å²) in [6, 6.07) is 2.12. The second-order valence-electron chi connectivity index (χ2n) is 7.34. The Balaban J connectivity index is 1.86. The molecule has 0 bridgehead atoms. The van der Waals surface area contributed by atoms with Crippen LogP contribution in [0.15, 0.2) is 12.1 Å². The molecular formula is C17H24FN3O4. The highest BCUT2D eigenvalue weighted by molar-refractivity contribution is 5.93. The van der Waals surface area contributed by atoms with E-state index in [9.17, 15) is 14.0 Å². The molecule has 0 saturated heterocycles. The largest absolute Gasteiger partial charge is 0.478 e. The lowest BCUT2D eigenvalue weighted by molar-refractivity contribution is 0.0469. The van der Waals surface area contributed by atoms with Gasteiger partial charge >= 0.3 is 12.1 Å². The molecule has 1 saturated carbocycles. The Kier molecular flexibility index (Phi) is 5.49. The maximum atomic E-state index is 13.3. The summed E-state index contributed by atoms with van der Waals surface area (Å²) in [6.07, 6.45) is 0.971. The molecule has 0 aromatic carbocycles. The number of nitrogens with zero attached hydrogens (tertiary/aromatic N) is 1. The lowest BCUT2D eigenvalue weighted by atomic mass is 9.76. The van der Waals surface area contributed by atoms with Crippen molar-refractivity contribution in [2.45, 2.75) is 58.2 Å². The van der Waals surface area contributed by atoms with Crippen LogP contribution in [0.2, 0.25) is 0 Å². The average molecular weight is 353 g/mol. The zero-order chi connectivity index (χ0) is 18.8. The number of carbonyl (C=O) groups excluding carboxylic acids is 1. The van der Waals surface area contributed by atoms with Crippen molar-refractivity contribution in [3.8, 4) is 0 Å². The first-order valence-corrected chi connectivity index (χ1v) is 8.21. The predicted molar refractivity (Wildman–Crippen MR) is 90.1 cm³/mol. The number of aromatic carboxylic acids is 1. The van der Waals surface area contributed by atoms with Crippen LogP contribution in [0.4, 0.5) is 15.0 Å². The van der Waals surface area contributed by atoms with Crippen LogP contribution in [-0.4, -0.2) is 39.8 Å². The second-order valence-corrected chi connectivity index (χ2v) is 7.34. The highest BCUT2D eigenvalue weighted by Crippen LogP contribution is 2.33. The highest BCUT2D eigenvalue weighted by Gasteiger charge is 2.35. The van der Waals surface area contributed by atoms with E-state index in [4.69, 9.17) is 9.84 Å². The van der Waals surface area contributed by atoms with Gasteiger partial charge in [-0.25, -0.2) is 14.6 Å². The number of nitrogens with one attached hydrogen (secondary N) is 2. The SMILES string of the molecule is CC(NC(=O)OC(C)(C)C)C1CC(Nc2nc(F)ccc2C(=O)O)C1. The summed E-state index contributed by atoms with van der Waals surface area (Å²) < 4.78 is 18.5. The topological polar surface area (TPSA) is 101 Å². The normalized spacial score (nSPS) is 21.0. The third-order valence-electron chi connectivity index (χ3n) is 4.06. The molecule has 1 heterocycles. The predicted octanol–water partition coefficient (Wildman–Crippen LogP) is 3.02. The molecule has 1 aromatic rings. The molecular weight excluding hydrogens is 329 g/mol. The molecule has 1 atom stereocenters. The molecule has 2 rings (SSSR count). The number of hydrogen-bond donors (Lipinski definition) is 3. The van der Waals surface area contributed by atoms with Crippen LogP contribution in [-0.2, 0) is 4.74 Å². The minimum Gasteiger partial charge on any atom is -0.478 e. The van der Waals surface area contributed by atoms with Gasteiger partial charge in [0.25, 0.3) is 0 Å². The Morgan fingerprint density at radius 2 is 2.00 bits per heavy atom. The Morgan fingerprint density at radius 3 is 2.56 bits per heavy atom. The summed E-state index contributed by atoms with van der Waals surface area (Å²) in [5, 5.41) is 14.9. The number of anilines is 1. The van der Waals surface area contributed by atoms with E-state index in [2.05, 4.69) is 15.6 Å². The highest BCUT2D eigenvalue weighted by atomic mass is 19.1. The van der Waals surface area contributed by atoms with E-state index < -0.39 is 23.6 Å². The molecule has 1 amide bonds. The Labute approximate surface area is 146 Å². The molecule has 1 fully saturated rings. The molecule has 1 aliphatic carbocycles. The van der Waals surface area contributed by atoms with E-state index in [0.717, 1.165) is 6.07 Å². The smallest absolute Gasteiger partial charge is 0.407 e. The molecule has 1 aromatic heterocycles. The van der Waals surface area contributed by atoms with Gasteiger partial charge in [-0.15, -0.1) is 0 Å². The number of rotatable bonds is 5. The molecule has 8 heteroatoms. The van der Waals surface area contributed by atoms with Crippen LogP contribution in [0.1, 0.15) is 50.9 Å². The van der Waals surface area contributed by atoms with Crippen molar-refractivity contribution in [3.63, 3.8) is 0 Å². The average Bonchev–Trinajstić information content (AvgIpc) is 2.39. The molecule has 3 N–H and O–H groups in total. The first-order valence-electron chi connectivity index (χ1n) is 8.21. The maximum absolute atomic E-state index is 13.3. The molecule has 1 unspecified atom stereocenters. The quantitative estimate of drug-likeness (QED) is 0.704. The number of pyridine rings is 1. The standard InChI is InChI=1S/C17H24FN3O4/c1-9(19-16(24)25-17(2,3)4)10-7-11(8-10)20-14-12(15(22)23)5-6-13(18)21-14/h5-6,9-11H,7-8H2,1-4H3,(H,19,24)(H,20,21)(H,22,23). The van der Waals surface area contributed by atoms with Crippen LogP contribution in [0.25, 0.3) is 0 Å². The van der Waals surface area contributed by atoms with E-state index in [1.165, 1.54) is 6.07 Å². The van der Waals surface area contributed by atoms with Gasteiger partial charge < -0.3 is 20.5 Å². The number of ether oxygens (including phenoxy) is 1. The van der Waals surface area contributed by atoms with E-state index in [1.54, 1.807) is 20.8 Å². The third-order valence-corrected chi connectivity index (χ3v) is 4.06. The van der Waals surface area contributed by atoms with E-state index in [0.29, 0.717) is 12.8 Å². The van der Waals surface area contributed by atoms with Crippen LogP contribution in [0, 0.1) is 11.9 Å². The fraction of sp³-hybridized carbons (Fsp3) is 0.588. The van der Waals surface area contributed by atoms with E-state index in [-0.39, 0.29) is 29.4 Å². The number of amides is 1. The molecule has 0 radical (unpaired) electrons. The lowest BCUT2D eigenvalue weighted by Gasteiger charge is -2.40. The molecule has 138 valence electrons. The number of hydrogen-bond acceptors (Lipinski definition) is 5. The number of halogens is 1. The summed E-state index contributed by atoms with van der Waals surface area (Å²) in [7, 11) is 0. The third kappa shape index (κ3) is 5.30. The van der Waals surface area contributed by atoms with Crippen LogP contribution in [0.5, 0.6) is 0 Å². The lowest BCUT2D eigenvalue weighted by Crippen LogP contribution is -2.48. The number of alkyl carbamates (subject to hydrolysis) is 1. The molecule has 1 aliphatic rings. The molecule has 7 nitrogen and oxygen atoms in total. The van der Waals surface area contributed by atoms with Gasteiger partial charge in [0.15, 0.2) is 0 Å². The number of aromatic nitrogens is 1. The number of carboxylic acid groups (broad SMARTS) is 1. The van der Waals surface area contributed by atoms with Gasteiger partial charge in [0.2, 0.25) is 5.95 Å². The zero-order valence-electron chi connectivity index (χ0n) is 14.8. The van der Waals surface area contributed by atoms with Gasteiger partial charge in [-0.2, -0.15) is 4.39 Å². The fourth-order valence-electron chi connectivity index (χ4n) is 2.71. The first-order chi connectivity index (χ1) is 11.5. The van der Waals surface area contributed by atoms with Crippen molar-refractivity contribution in [1.29, 1.82) is 0 Å². The van der Waals surface area contributed by atoms with Crippen LogP contribution >= 0.6 is 0 Å². The number of carbonyl (C=O) groups is 2. The van der Waals surface area contributed by atoms with Gasteiger partial charge in [-0.1, -0.05) is 0 Å². The van der Waals surface area contributed by atoms with Crippen molar-refractivity contribution in [3.05, 3.63) is 23.6 Å².